The van der Waals surface area contributed by atoms with Crippen molar-refractivity contribution in [3.8, 4) is 16.9 Å². The molecule has 0 atom stereocenters. The summed E-state index contributed by atoms with van der Waals surface area (Å²) in [5, 5.41) is 10.6. The number of methoxy groups -OCH3 is 1. The second-order valence-corrected chi connectivity index (χ2v) is 8.60. The average Bonchev–Trinajstić information content (AvgIpc) is 2.88. The summed E-state index contributed by atoms with van der Waals surface area (Å²) in [6.45, 7) is 3.79. The van der Waals surface area contributed by atoms with Crippen molar-refractivity contribution in [1.82, 2.24) is 20.3 Å². The summed E-state index contributed by atoms with van der Waals surface area (Å²) in [6, 6.07) is 12.1. The first-order valence-corrected chi connectivity index (χ1v) is 11.8. The summed E-state index contributed by atoms with van der Waals surface area (Å²) in [5.74, 6) is 1.26. The van der Waals surface area contributed by atoms with Crippen LogP contribution in [-0.2, 0) is 17.8 Å². The van der Waals surface area contributed by atoms with Gasteiger partial charge in [-0.25, -0.2) is 9.97 Å². The third-order valence-electron chi connectivity index (χ3n) is 6.07. The number of rotatable bonds is 7. The van der Waals surface area contributed by atoms with Gasteiger partial charge in [0.1, 0.15) is 5.75 Å². The van der Waals surface area contributed by atoms with Crippen LogP contribution < -0.4 is 20.7 Å². The summed E-state index contributed by atoms with van der Waals surface area (Å²) in [6.07, 6.45) is 7.51. The van der Waals surface area contributed by atoms with Crippen LogP contribution in [0.5, 0.6) is 5.75 Å². The molecule has 5 rings (SSSR count). The Balaban J connectivity index is 1.43. The van der Waals surface area contributed by atoms with E-state index in [1.165, 1.54) is 11.1 Å². The number of carbonyl (C=O) groups is 1. The largest absolute Gasteiger partial charge is 0.495 e. The van der Waals surface area contributed by atoms with Gasteiger partial charge in [0, 0.05) is 36.3 Å². The Kier molecular flexibility index (Phi) is 6.54. The standard InChI is InChI=1S/C27H28N6O2/c1-3-4-26(34)31-22-9-20(14-29-16-22)17-5-6-19-15-30-27(32-23(19)10-17)33-24-11-21-13-28-8-7-18(21)12-25(24)35-2/h5-6,9-12,14-16,28H,3-4,7-8,13H2,1-2H3,(H,31,34)(H,30,32,33). The molecule has 0 saturated carbocycles. The van der Waals surface area contributed by atoms with E-state index in [-0.39, 0.29) is 5.91 Å². The fourth-order valence-electron chi connectivity index (χ4n) is 4.28. The molecule has 3 N–H and O–H groups in total. The third-order valence-corrected chi connectivity index (χ3v) is 6.07. The summed E-state index contributed by atoms with van der Waals surface area (Å²) in [7, 11) is 1.67. The molecule has 0 unspecified atom stereocenters. The SMILES string of the molecule is CCCC(=O)Nc1cncc(-c2ccc3cnc(Nc4cc5c(cc4OC)CCNC5)nc3c2)c1. The van der Waals surface area contributed by atoms with Gasteiger partial charge in [-0.1, -0.05) is 19.1 Å². The first-order valence-electron chi connectivity index (χ1n) is 11.8. The van der Waals surface area contributed by atoms with Gasteiger partial charge in [0.15, 0.2) is 0 Å². The fourth-order valence-corrected chi connectivity index (χ4v) is 4.28. The van der Waals surface area contributed by atoms with Gasteiger partial charge in [0.05, 0.1) is 30.2 Å². The van der Waals surface area contributed by atoms with Crippen LogP contribution in [0, 0.1) is 0 Å². The Hall–Kier alpha value is -4.04. The van der Waals surface area contributed by atoms with E-state index in [9.17, 15) is 4.79 Å². The molecule has 2 aromatic heterocycles. The van der Waals surface area contributed by atoms with E-state index in [2.05, 4.69) is 38.1 Å². The molecule has 1 aliphatic rings. The molecule has 2 aromatic carbocycles. The minimum absolute atomic E-state index is 0.0122. The number of aromatic nitrogens is 3. The van der Waals surface area contributed by atoms with Gasteiger partial charge in [-0.05, 0) is 60.3 Å². The average molecular weight is 469 g/mol. The molecule has 0 aliphatic carbocycles. The van der Waals surface area contributed by atoms with Gasteiger partial charge < -0.3 is 20.7 Å². The lowest BCUT2D eigenvalue weighted by Crippen LogP contribution is -2.23. The lowest BCUT2D eigenvalue weighted by Gasteiger charge is -2.20. The van der Waals surface area contributed by atoms with Crippen LogP contribution in [0.3, 0.4) is 0 Å². The van der Waals surface area contributed by atoms with Gasteiger partial charge in [-0.15, -0.1) is 0 Å². The number of fused-ring (bicyclic) bond motifs is 2. The summed E-state index contributed by atoms with van der Waals surface area (Å²) in [5.41, 5.74) is 6.74. The maximum atomic E-state index is 12.0. The molecule has 8 nitrogen and oxygen atoms in total. The van der Waals surface area contributed by atoms with E-state index in [1.54, 1.807) is 25.7 Å². The van der Waals surface area contributed by atoms with Crippen LogP contribution in [0.1, 0.15) is 30.9 Å². The zero-order chi connectivity index (χ0) is 24.2. The molecule has 3 heterocycles. The number of pyridine rings is 1. The van der Waals surface area contributed by atoms with Crippen LogP contribution in [0.15, 0.2) is 55.0 Å². The Labute approximate surface area is 204 Å². The first kappa shape index (κ1) is 22.7. The maximum absolute atomic E-state index is 12.0. The highest BCUT2D eigenvalue weighted by Gasteiger charge is 2.15. The number of benzene rings is 2. The normalized spacial score (nSPS) is 12.7. The van der Waals surface area contributed by atoms with E-state index in [4.69, 9.17) is 9.72 Å². The van der Waals surface area contributed by atoms with E-state index in [0.29, 0.717) is 18.1 Å². The quantitative estimate of drug-likeness (QED) is 0.357. The molecule has 0 radical (unpaired) electrons. The van der Waals surface area contributed by atoms with Crippen molar-refractivity contribution in [2.75, 3.05) is 24.3 Å². The number of anilines is 3. The Morgan fingerprint density at radius 2 is 2.00 bits per heavy atom. The number of nitrogens with one attached hydrogen (secondary N) is 3. The highest BCUT2D eigenvalue weighted by Crippen LogP contribution is 2.32. The van der Waals surface area contributed by atoms with Crippen molar-refractivity contribution in [3.05, 3.63) is 66.1 Å². The Morgan fingerprint density at radius 1 is 1.09 bits per heavy atom. The smallest absolute Gasteiger partial charge is 0.227 e. The summed E-state index contributed by atoms with van der Waals surface area (Å²) in [4.78, 5) is 25.5. The van der Waals surface area contributed by atoms with Crippen LogP contribution in [0.2, 0.25) is 0 Å². The van der Waals surface area contributed by atoms with Crippen LogP contribution in [-0.4, -0.2) is 34.5 Å². The lowest BCUT2D eigenvalue weighted by molar-refractivity contribution is -0.116. The number of hydrogen-bond acceptors (Lipinski definition) is 7. The minimum atomic E-state index is -0.0122. The zero-order valence-electron chi connectivity index (χ0n) is 19.9. The summed E-state index contributed by atoms with van der Waals surface area (Å²) < 4.78 is 5.63. The molecule has 35 heavy (non-hydrogen) atoms. The molecule has 4 aromatic rings. The number of ether oxygens (including phenoxy) is 1. The Bertz CT molecular complexity index is 1390. The van der Waals surface area contributed by atoms with Gasteiger partial charge in [-0.2, -0.15) is 0 Å². The molecule has 1 aliphatic heterocycles. The van der Waals surface area contributed by atoms with Gasteiger partial charge >= 0.3 is 0 Å². The molecular formula is C27H28N6O2. The van der Waals surface area contributed by atoms with E-state index < -0.39 is 0 Å². The van der Waals surface area contributed by atoms with Gasteiger partial charge in [-0.3, -0.25) is 9.78 Å². The molecule has 8 heteroatoms. The van der Waals surface area contributed by atoms with Crippen LogP contribution >= 0.6 is 0 Å². The van der Waals surface area contributed by atoms with E-state index in [1.807, 2.05) is 31.2 Å². The number of amides is 1. The van der Waals surface area contributed by atoms with E-state index in [0.717, 1.165) is 59.4 Å². The number of carbonyl (C=O) groups excluding carboxylic acids is 1. The molecule has 0 saturated heterocycles. The summed E-state index contributed by atoms with van der Waals surface area (Å²) >= 11 is 0. The minimum Gasteiger partial charge on any atom is -0.495 e. The van der Waals surface area contributed by atoms with Gasteiger partial charge in [0.25, 0.3) is 0 Å². The maximum Gasteiger partial charge on any atom is 0.227 e. The van der Waals surface area contributed by atoms with Crippen molar-refractivity contribution in [3.63, 3.8) is 0 Å². The fraction of sp³-hybridized carbons (Fsp3) is 0.259. The lowest BCUT2D eigenvalue weighted by atomic mass is 10.00. The highest BCUT2D eigenvalue weighted by molar-refractivity contribution is 5.91. The second kappa shape index (κ2) is 10.1. The molecule has 0 spiro atoms. The Morgan fingerprint density at radius 3 is 2.86 bits per heavy atom. The van der Waals surface area contributed by atoms with Gasteiger partial charge in [0.2, 0.25) is 11.9 Å². The van der Waals surface area contributed by atoms with Crippen molar-refractivity contribution < 1.29 is 9.53 Å². The molecule has 178 valence electrons. The number of hydrogen-bond donors (Lipinski definition) is 3. The van der Waals surface area contributed by atoms with Crippen molar-refractivity contribution in [1.29, 1.82) is 0 Å². The van der Waals surface area contributed by atoms with Crippen LogP contribution in [0.4, 0.5) is 17.3 Å². The van der Waals surface area contributed by atoms with Crippen molar-refractivity contribution in [2.24, 2.45) is 0 Å². The predicted octanol–water partition coefficient (Wildman–Crippen LogP) is 4.83. The highest BCUT2D eigenvalue weighted by atomic mass is 16.5. The second-order valence-electron chi connectivity index (χ2n) is 8.60. The van der Waals surface area contributed by atoms with Crippen molar-refractivity contribution in [2.45, 2.75) is 32.7 Å². The molecular weight excluding hydrogens is 440 g/mol. The van der Waals surface area contributed by atoms with Crippen LogP contribution in [0.25, 0.3) is 22.0 Å². The monoisotopic (exact) mass is 468 g/mol. The third kappa shape index (κ3) is 5.07. The molecule has 0 fully saturated rings. The molecule has 0 bridgehead atoms. The number of nitrogens with zero attached hydrogens (tertiary/aromatic N) is 3. The van der Waals surface area contributed by atoms with E-state index >= 15 is 0 Å². The first-order chi connectivity index (χ1) is 17.1. The molecule has 1 amide bonds. The van der Waals surface area contributed by atoms with Crippen molar-refractivity contribution >= 4 is 34.1 Å². The predicted molar refractivity (Wildman–Crippen MR) is 138 cm³/mol. The topological polar surface area (TPSA) is 101 Å². The zero-order valence-corrected chi connectivity index (χ0v) is 19.9.